The number of nitrogens with one attached hydrogen (secondary N) is 1. The predicted molar refractivity (Wildman–Crippen MR) is 66.9 cm³/mol. The lowest BCUT2D eigenvalue weighted by molar-refractivity contribution is 0.767. The van der Waals surface area contributed by atoms with E-state index < -0.39 is 0 Å². The lowest BCUT2D eigenvalue weighted by atomic mass is 9.95. The van der Waals surface area contributed by atoms with Crippen LogP contribution in [0.15, 0.2) is 12.1 Å². The van der Waals surface area contributed by atoms with Gasteiger partial charge in [-0.2, -0.15) is 5.21 Å². The largest absolute Gasteiger partial charge is 0.177 e. The molecule has 0 saturated heterocycles. The predicted octanol–water partition coefficient (Wildman–Crippen LogP) is 2.30. The number of nitrogens with zero attached hydrogens (tertiary/aromatic N) is 3. The van der Waals surface area contributed by atoms with Crippen LogP contribution in [0.4, 0.5) is 0 Å². The Labute approximate surface area is 101 Å². The monoisotopic (exact) mass is 230 g/mol. The molecule has 1 heterocycles. The molecule has 0 bridgehead atoms. The van der Waals surface area contributed by atoms with E-state index in [1.54, 1.807) is 0 Å². The third-order valence-corrected chi connectivity index (χ3v) is 3.06. The average molecular weight is 230 g/mol. The number of aromatic nitrogens is 4. The molecule has 1 N–H and O–H groups in total. The maximum Gasteiger partial charge on any atom is 0.174 e. The highest BCUT2D eigenvalue weighted by molar-refractivity contribution is 5.37. The van der Waals surface area contributed by atoms with Crippen LogP contribution in [0.3, 0.4) is 0 Å². The van der Waals surface area contributed by atoms with Gasteiger partial charge in [0.2, 0.25) is 0 Å². The summed E-state index contributed by atoms with van der Waals surface area (Å²) in [5.41, 5.74) is 5.56. The molecular formula is C13H18N4. The fourth-order valence-electron chi connectivity index (χ4n) is 2.32. The van der Waals surface area contributed by atoms with Gasteiger partial charge in [0.15, 0.2) is 5.82 Å². The zero-order valence-electron chi connectivity index (χ0n) is 10.6. The number of benzene rings is 1. The van der Waals surface area contributed by atoms with Crippen molar-refractivity contribution in [2.45, 2.75) is 40.0 Å². The Morgan fingerprint density at radius 1 is 1.06 bits per heavy atom. The van der Waals surface area contributed by atoms with Gasteiger partial charge >= 0.3 is 0 Å². The van der Waals surface area contributed by atoms with E-state index >= 15 is 0 Å². The lowest BCUT2D eigenvalue weighted by Gasteiger charge is -2.10. The first-order chi connectivity index (χ1) is 8.16. The number of aromatic amines is 1. The van der Waals surface area contributed by atoms with Gasteiger partial charge in [0.25, 0.3) is 0 Å². The van der Waals surface area contributed by atoms with Crippen LogP contribution in [-0.4, -0.2) is 20.6 Å². The Morgan fingerprint density at radius 3 is 2.35 bits per heavy atom. The summed E-state index contributed by atoms with van der Waals surface area (Å²) in [6, 6.07) is 4.49. The normalized spacial score (nSPS) is 10.8. The molecule has 4 heteroatoms. The third-order valence-electron chi connectivity index (χ3n) is 3.06. The van der Waals surface area contributed by atoms with Gasteiger partial charge in [-0.25, -0.2) is 0 Å². The topological polar surface area (TPSA) is 54.5 Å². The second-order valence-corrected chi connectivity index (χ2v) is 4.56. The maximum absolute atomic E-state index is 3.96. The molecule has 90 valence electrons. The van der Waals surface area contributed by atoms with E-state index in [0.717, 1.165) is 25.1 Å². The quantitative estimate of drug-likeness (QED) is 0.876. The molecule has 2 rings (SSSR count). The summed E-state index contributed by atoms with van der Waals surface area (Å²) in [5, 5.41) is 14.0. The van der Waals surface area contributed by atoms with Crippen molar-refractivity contribution in [2.75, 3.05) is 0 Å². The van der Waals surface area contributed by atoms with E-state index in [-0.39, 0.29) is 0 Å². The highest BCUT2D eigenvalue weighted by atomic mass is 15.5. The van der Waals surface area contributed by atoms with Crippen molar-refractivity contribution in [3.8, 4) is 0 Å². The third kappa shape index (κ3) is 2.90. The Balaban J connectivity index is 1.99. The molecule has 0 atom stereocenters. The first kappa shape index (κ1) is 11.8. The van der Waals surface area contributed by atoms with Crippen LogP contribution in [0.25, 0.3) is 0 Å². The fraction of sp³-hybridized carbons (Fsp3) is 0.462. The van der Waals surface area contributed by atoms with Gasteiger partial charge < -0.3 is 0 Å². The van der Waals surface area contributed by atoms with Crippen LogP contribution in [0.5, 0.6) is 0 Å². The van der Waals surface area contributed by atoms with Crippen molar-refractivity contribution in [3.63, 3.8) is 0 Å². The smallest absolute Gasteiger partial charge is 0.174 e. The molecule has 0 aliphatic carbocycles. The molecule has 0 amide bonds. The second-order valence-electron chi connectivity index (χ2n) is 4.56. The standard InChI is InChI=1S/C13H18N4/c1-9-7-10(2)12(11(3)8-9)5-4-6-13-14-16-17-15-13/h7-8H,4-6H2,1-3H3,(H,14,15,16,17). The number of rotatable bonds is 4. The molecule has 0 saturated carbocycles. The molecule has 17 heavy (non-hydrogen) atoms. The summed E-state index contributed by atoms with van der Waals surface area (Å²) in [4.78, 5) is 0. The zero-order valence-corrected chi connectivity index (χ0v) is 10.6. The number of tetrazole rings is 1. The summed E-state index contributed by atoms with van der Waals surface area (Å²) in [6.45, 7) is 6.51. The van der Waals surface area contributed by atoms with Crippen molar-refractivity contribution in [1.82, 2.24) is 20.6 Å². The Hall–Kier alpha value is -1.71. The molecule has 0 radical (unpaired) electrons. The van der Waals surface area contributed by atoms with Gasteiger partial charge in [-0.05, 0) is 50.3 Å². The molecule has 1 aromatic carbocycles. The van der Waals surface area contributed by atoms with Gasteiger partial charge in [-0.1, -0.05) is 22.9 Å². The van der Waals surface area contributed by atoms with Crippen molar-refractivity contribution in [1.29, 1.82) is 0 Å². The van der Waals surface area contributed by atoms with E-state index in [9.17, 15) is 0 Å². The Kier molecular flexibility index (Phi) is 3.52. The highest BCUT2D eigenvalue weighted by Crippen LogP contribution is 2.18. The van der Waals surface area contributed by atoms with E-state index in [4.69, 9.17) is 0 Å². The number of H-pyrrole nitrogens is 1. The molecule has 0 fully saturated rings. The van der Waals surface area contributed by atoms with Crippen molar-refractivity contribution < 1.29 is 0 Å². The maximum atomic E-state index is 3.96. The Bertz CT molecular complexity index is 465. The minimum Gasteiger partial charge on any atom is -0.177 e. The second kappa shape index (κ2) is 5.08. The van der Waals surface area contributed by atoms with Crippen LogP contribution in [0, 0.1) is 20.8 Å². The first-order valence-electron chi connectivity index (χ1n) is 5.96. The van der Waals surface area contributed by atoms with Crippen LogP contribution in [-0.2, 0) is 12.8 Å². The molecule has 2 aromatic rings. The van der Waals surface area contributed by atoms with Gasteiger partial charge in [0, 0.05) is 6.42 Å². The molecule has 0 aliphatic heterocycles. The summed E-state index contributed by atoms with van der Waals surface area (Å²) < 4.78 is 0. The molecular weight excluding hydrogens is 212 g/mol. The van der Waals surface area contributed by atoms with Crippen LogP contribution >= 0.6 is 0 Å². The van der Waals surface area contributed by atoms with E-state index in [0.29, 0.717) is 0 Å². The molecule has 0 spiro atoms. The average Bonchev–Trinajstić information content (AvgIpc) is 2.74. The zero-order chi connectivity index (χ0) is 12.3. The van der Waals surface area contributed by atoms with Gasteiger partial charge in [-0.3, -0.25) is 0 Å². The fourth-order valence-corrected chi connectivity index (χ4v) is 2.32. The van der Waals surface area contributed by atoms with Crippen LogP contribution in [0.2, 0.25) is 0 Å². The lowest BCUT2D eigenvalue weighted by Crippen LogP contribution is -1.98. The van der Waals surface area contributed by atoms with E-state index in [2.05, 4.69) is 53.5 Å². The van der Waals surface area contributed by atoms with Crippen LogP contribution < -0.4 is 0 Å². The van der Waals surface area contributed by atoms with Crippen molar-refractivity contribution in [3.05, 3.63) is 40.2 Å². The van der Waals surface area contributed by atoms with E-state index in [1.807, 2.05) is 0 Å². The summed E-state index contributed by atoms with van der Waals surface area (Å²) >= 11 is 0. The summed E-state index contributed by atoms with van der Waals surface area (Å²) in [5.74, 6) is 0.799. The number of hydrogen-bond donors (Lipinski definition) is 1. The number of aryl methyl sites for hydroxylation is 4. The van der Waals surface area contributed by atoms with Gasteiger partial charge in [0.05, 0.1) is 0 Å². The molecule has 0 aliphatic rings. The van der Waals surface area contributed by atoms with Gasteiger partial charge in [0.1, 0.15) is 0 Å². The first-order valence-corrected chi connectivity index (χ1v) is 5.96. The highest BCUT2D eigenvalue weighted by Gasteiger charge is 2.05. The van der Waals surface area contributed by atoms with Crippen molar-refractivity contribution in [2.24, 2.45) is 0 Å². The summed E-state index contributed by atoms with van der Waals surface area (Å²) in [6.07, 6.45) is 3.01. The van der Waals surface area contributed by atoms with Crippen LogP contribution in [0.1, 0.15) is 34.5 Å². The summed E-state index contributed by atoms with van der Waals surface area (Å²) in [7, 11) is 0. The SMILES string of the molecule is Cc1cc(C)c(CCCc2nn[nH]n2)c(C)c1. The van der Waals surface area contributed by atoms with Gasteiger partial charge in [-0.15, -0.1) is 10.2 Å². The van der Waals surface area contributed by atoms with Crippen molar-refractivity contribution >= 4 is 0 Å². The van der Waals surface area contributed by atoms with E-state index in [1.165, 1.54) is 22.3 Å². The minimum absolute atomic E-state index is 0.799. The molecule has 4 nitrogen and oxygen atoms in total. The molecule has 0 unspecified atom stereocenters. The number of hydrogen-bond acceptors (Lipinski definition) is 3. The minimum atomic E-state index is 0.799. The Morgan fingerprint density at radius 2 is 1.76 bits per heavy atom. The molecule has 1 aromatic heterocycles.